The molecule has 7 nitrogen and oxygen atoms in total. The van der Waals surface area contributed by atoms with Crippen molar-refractivity contribution in [1.82, 2.24) is 10.6 Å². The third-order valence-corrected chi connectivity index (χ3v) is 6.83. The zero-order valence-electron chi connectivity index (χ0n) is 20.3. The van der Waals surface area contributed by atoms with Crippen LogP contribution < -0.4 is 10.6 Å². The molecule has 0 spiro atoms. The quantitative estimate of drug-likeness (QED) is 0.555. The summed E-state index contributed by atoms with van der Waals surface area (Å²) in [7, 11) is 0. The summed E-state index contributed by atoms with van der Waals surface area (Å²) in [4.78, 5) is 38.0. The number of Topliss-reactive ketones (excluding diaryl/α,β-unsaturated/α-hetero) is 1. The molecule has 0 aromatic heterocycles. The smallest absolute Gasteiger partial charge is 0.408 e. The van der Waals surface area contributed by atoms with Crippen molar-refractivity contribution in [2.24, 2.45) is 0 Å². The molecule has 0 aromatic rings. The number of ketones is 1. The van der Waals surface area contributed by atoms with Crippen LogP contribution in [0.1, 0.15) is 74.1 Å². The summed E-state index contributed by atoms with van der Waals surface area (Å²) in [6, 6.07) is -1.06. The lowest BCUT2D eigenvalue weighted by Crippen LogP contribution is -2.60. The first kappa shape index (κ1) is 26.5. The van der Waals surface area contributed by atoms with Gasteiger partial charge in [-0.25, -0.2) is 4.79 Å². The molecular formula is C24H38N2O5S. The van der Waals surface area contributed by atoms with Crippen molar-refractivity contribution < 1.29 is 23.9 Å². The summed E-state index contributed by atoms with van der Waals surface area (Å²) in [5.41, 5.74) is -0.0349. The molecule has 32 heavy (non-hydrogen) atoms. The molecule has 1 aliphatic carbocycles. The largest absolute Gasteiger partial charge is 0.444 e. The van der Waals surface area contributed by atoms with Gasteiger partial charge in [0, 0.05) is 6.92 Å². The molecule has 0 bridgehead atoms. The number of hydrogen-bond donors (Lipinski definition) is 2. The second kappa shape index (κ2) is 10.9. The van der Waals surface area contributed by atoms with Gasteiger partial charge in [-0.15, -0.1) is 11.8 Å². The molecule has 0 radical (unpaired) electrons. The minimum Gasteiger partial charge on any atom is -0.444 e. The molecule has 1 aliphatic heterocycles. The Balaban J connectivity index is 2.39. The molecule has 0 fully saturated rings. The number of hydrogen-bond acceptors (Lipinski definition) is 6. The van der Waals surface area contributed by atoms with Crippen LogP contribution in [-0.4, -0.2) is 52.4 Å². The van der Waals surface area contributed by atoms with E-state index >= 15 is 0 Å². The molecule has 180 valence electrons. The molecule has 0 saturated heterocycles. The van der Waals surface area contributed by atoms with Crippen molar-refractivity contribution in [2.75, 3.05) is 0 Å². The summed E-state index contributed by atoms with van der Waals surface area (Å²) in [6.07, 6.45) is 5.23. The number of carbonyl (C=O) groups excluding carboxylic acids is 3. The van der Waals surface area contributed by atoms with Crippen molar-refractivity contribution in [3.63, 3.8) is 0 Å². The van der Waals surface area contributed by atoms with Gasteiger partial charge in [0.2, 0.25) is 5.91 Å². The summed E-state index contributed by atoms with van der Waals surface area (Å²) in [6.45, 7) is 12.8. The molecule has 4 atom stereocenters. The molecule has 2 N–H and O–H groups in total. The minimum atomic E-state index is -0.660. The summed E-state index contributed by atoms with van der Waals surface area (Å²) in [5.74, 6) is -0.194. The van der Waals surface area contributed by atoms with Gasteiger partial charge in [0.15, 0.2) is 5.78 Å². The Morgan fingerprint density at radius 3 is 2.38 bits per heavy atom. The molecule has 0 saturated carbocycles. The van der Waals surface area contributed by atoms with E-state index in [1.165, 1.54) is 18.7 Å². The Kier molecular flexibility index (Phi) is 8.99. The monoisotopic (exact) mass is 466 g/mol. The molecule has 1 unspecified atom stereocenters. The van der Waals surface area contributed by atoms with E-state index in [9.17, 15) is 14.4 Å². The van der Waals surface area contributed by atoms with Crippen molar-refractivity contribution in [1.29, 1.82) is 0 Å². The lowest BCUT2D eigenvalue weighted by Gasteiger charge is -2.40. The van der Waals surface area contributed by atoms with Crippen molar-refractivity contribution in [2.45, 2.75) is 109 Å². The zero-order chi connectivity index (χ0) is 24.1. The molecule has 1 heterocycles. The Morgan fingerprint density at radius 2 is 1.88 bits per heavy atom. The highest BCUT2D eigenvalue weighted by atomic mass is 32.2. The Hall–Kier alpha value is -1.80. The van der Waals surface area contributed by atoms with E-state index in [0.717, 1.165) is 12.8 Å². The maximum atomic E-state index is 13.4. The van der Waals surface area contributed by atoms with Crippen LogP contribution in [0.4, 0.5) is 4.79 Å². The van der Waals surface area contributed by atoms with Crippen LogP contribution in [0.5, 0.6) is 0 Å². The van der Waals surface area contributed by atoms with E-state index in [-0.39, 0.29) is 17.8 Å². The van der Waals surface area contributed by atoms with Gasteiger partial charge in [-0.3, -0.25) is 9.59 Å². The Bertz CT molecular complexity index is 759. The van der Waals surface area contributed by atoms with Gasteiger partial charge in [-0.2, -0.15) is 0 Å². The normalized spacial score (nSPS) is 27.8. The van der Waals surface area contributed by atoms with Crippen LogP contribution in [0.25, 0.3) is 0 Å². The minimum absolute atomic E-state index is 0.0373. The second-order valence-corrected chi connectivity index (χ2v) is 11.1. The third-order valence-electron chi connectivity index (χ3n) is 5.63. The Labute approximate surface area is 196 Å². The highest BCUT2D eigenvalue weighted by molar-refractivity contribution is 8.04. The van der Waals surface area contributed by atoms with E-state index < -0.39 is 34.6 Å². The lowest BCUT2D eigenvalue weighted by atomic mass is 9.82. The number of amides is 2. The number of rotatable bonds is 8. The number of allylic oxidation sites excluding steroid dienone is 1. The molecule has 2 aliphatic rings. The zero-order valence-corrected chi connectivity index (χ0v) is 21.1. The van der Waals surface area contributed by atoms with Gasteiger partial charge in [0.05, 0.1) is 29.0 Å². The second-order valence-electron chi connectivity index (χ2n) is 9.67. The Morgan fingerprint density at radius 1 is 1.22 bits per heavy atom. The first-order valence-corrected chi connectivity index (χ1v) is 12.3. The fraction of sp³-hybridized carbons (Fsp3) is 0.708. The van der Waals surface area contributed by atoms with Gasteiger partial charge >= 0.3 is 6.09 Å². The standard InChI is InChI=1S/C24H38N2O5S/c1-8-17(9-2)30-19-14-16(21(28)24(7)11-10-12-32-24)13-18(25-15(3)27)20(19)26-22(29)31-23(4,5)6/h10,12,14,17-20H,8-9,11,13H2,1-7H3,(H,25,27)(H,26,29)/t18-,19+,20+,24?/m0/s1. The maximum Gasteiger partial charge on any atom is 0.408 e. The van der Waals surface area contributed by atoms with E-state index in [2.05, 4.69) is 10.6 Å². The van der Waals surface area contributed by atoms with Crippen LogP contribution in [0, 0.1) is 0 Å². The molecule has 0 aromatic carbocycles. The van der Waals surface area contributed by atoms with Crippen molar-refractivity contribution in [3.8, 4) is 0 Å². The maximum absolute atomic E-state index is 13.4. The first-order chi connectivity index (χ1) is 14.9. The first-order valence-electron chi connectivity index (χ1n) is 11.4. The molecule has 8 heteroatoms. The predicted molar refractivity (Wildman–Crippen MR) is 127 cm³/mol. The molecule has 2 amide bonds. The van der Waals surface area contributed by atoms with Gasteiger partial charge in [0.25, 0.3) is 0 Å². The topological polar surface area (TPSA) is 93.7 Å². The van der Waals surface area contributed by atoms with Gasteiger partial charge < -0.3 is 20.1 Å². The lowest BCUT2D eigenvalue weighted by molar-refractivity contribution is -0.121. The fourth-order valence-corrected chi connectivity index (χ4v) is 4.92. The summed E-state index contributed by atoms with van der Waals surface area (Å²) >= 11 is 1.51. The number of ether oxygens (including phenoxy) is 2. The van der Waals surface area contributed by atoms with Gasteiger partial charge in [0.1, 0.15) is 5.60 Å². The number of thioether (sulfide) groups is 1. The number of nitrogens with one attached hydrogen (secondary N) is 2. The van der Waals surface area contributed by atoms with E-state index in [4.69, 9.17) is 9.47 Å². The van der Waals surface area contributed by atoms with Gasteiger partial charge in [-0.05, 0) is 70.4 Å². The van der Waals surface area contributed by atoms with Crippen LogP contribution in [0.2, 0.25) is 0 Å². The van der Waals surface area contributed by atoms with Crippen LogP contribution in [-0.2, 0) is 19.1 Å². The predicted octanol–water partition coefficient (Wildman–Crippen LogP) is 4.27. The van der Waals surface area contributed by atoms with E-state index in [0.29, 0.717) is 18.4 Å². The fourth-order valence-electron chi connectivity index (χ4n) is 3.99. The number of carbonyl (C=O) groups is 3. The summed E-state index contributed by atoms with van der Waals surface area (Å²) in [5, 5.41) is 7.78. The van der Waals surface area contributed by atoms with Crippen LogP contribution >= 0.6 is 11.8 Å². The van der Waals surface area contributed by atoms with Crippen LogP contribution in [0.15, 0.2) is 23.1 Å². The van der Waals surface area contributed by atoms with Crippen molar-refractivity contribution >= 4 is 29.5 Å². The third kappa shape index (κ3) is 7.10. The van der Waals surface area contributed by atoms with Crippen molar-refractivity contribution in [3.05, 3.63) is 23.1 Å². The molecular weight excluding hydrogens is 428 g/mol. The highest BCUT2D eigenvalue weighted by Crippen LogP contribution is 2.40. The van der Waals surface area contributed by atoms with E-state index in [1.54, 1.807) is 20.8 Å². The SMILES string of the molecule is CCC(CC)O[C@@H]1C=C(C(=O)C2(C)CC=CS2)C[C@H](NC(C)=O)[C@H]1NC(=O)OC(C)(C)C. The highest BCUT2D eigenvalue weighted by Gasteiger charge is 2.43. The van der Waals surface area contributed by atoms with E-state index in [1.807, 2.05) is 38.3 Å². The molecule has 2 rings (SSSR count). The average molecular weight is 467 g/mol. The number of alkyl carbamates (subject to hydrolysis) is 1. The summed E-state index contributed by atoms with van der Waals surface area (Å²) < 4.78 is 11.2. The average Bonchev–Trinajstić information content (AvgIpc) is 3.13. The van der Waals surface area contributed by atoms with Gasteiger partial charge in [-0.1, -0.05) is 19.9 Å². The van der Waals surface area contributed by atoms with Crippen LogP contribution in [0.3, 0.4) is 0 Å².